The van der Waals surface area contributed by atoms with Crippen LogP contribution in [0.4, 0.5) is 0 Å². The van der Waals surface area contributed by atoms with Crippen LogP contribution in [0.15, 0.2) is 9.27 Å². The molecule has 2 heterocycles. The summed E-state index contributed by atoms with van der Waals surface area (Å²) in [6.07, 6.45) is 2.45. The minimum absolute atomic E-state index is 0.0982. The Bertz CT molecular complexity index is 865. The highest BCUT2D eigenvalue weighted by Gasteiger charge is 2.30. The summed E-state index contributed by atoms with van der Waals surface area (Å²) >= 11 is 3.48. The van der Waals surface area contributed by atoms with Crippen LogP contribution in [0.25, 0.3) is 5.65 Å². The van der Waals surface area contributed by atoms with E-state index in [1.54, 1.807) is 0 Å². The molecule has 0 radical (unpaired) electrons. The van der Waals surface area contributed by atoms with Gasteiger partial charge in [-0.15, -0.1) is 0 Å². The summed E-state index contributed by atoms with van der Waals surface area (Å²) in [6, 6.07) is 0.0982. The van der Waals surface area contributed by atoms with Gasteiger partial charge in [-0.05, 0) is 41.1 Å². The Balaban J connectivity index is 2.28. The van der Waals surface area contributed by atoms with Gasteiger partial charge in [-0.2, -0.15) is 9.61 Å². The molecule has 1 saturated carbocycles. The predicted octanol–water partition coefficient (Wildman–Crippen LogP) is 2.07. The summed E-state index contributed by atoms with van der Waals surface area (Å²) in [7, 11) is 0. The van der Waals surface area contributed by atoms with Crippen molar-refractivity contribution in [2.75, 3.05) is 0 Å². The summed E-state index contributed by atoms with van der Waals surface area (Å²) in [5, 5.41) is 17.7. The van der Waals surface area contributed by atoms with E-state index >= 15 is 0 Å². The van der Waals surface area contributed by atoms with Gasteiger partial charge in [0.15, 0.2) is 11.2 Å². The second-order valence-corrected chi connectivity index (χ2v) is 7.40. The fraction of sp³-hybridized carbons (Fsp3) is 0.562. The molecule has 0 spiro atoms. The molecule has 1 aliphatic rings. The summed E-state index contributed by atoms with van der Waals surface area (Å²) < 4.78 is 3.48. The molecular weight excluding hydrogens is 376 g/mol. The Morgan fingerprint density at radius 1 is 1.46 bits per heavy atom. The molecule has 7 nitrogen and oxygen atoms in total. The first-order chi connectivity index (χ1) is 11.3. The molecule has 8 heteroatoms. The van der Waals surface area contributed by atoms with Gasteiger partial charge < -0.3 is 10.4 Å². The number of aromatic hydroxyl groups is 1. The van der Waals surface area contributed by atoms with Crippen LogP contribution in [0.2, 0.25) is 0 Å². The lowest BCUT2D eigenvalue weighted by Crippen LogP contribution is -2.36. The van der Waals surface area contributed by atoms with E-state index in [1.807, 2.05) is 20.8 Å². The molecule has 0 bridgehead atoms. The molecule has 1 amide bonds. The van der Waals surface area contributed by atoms with Gasteiger partial charge in [0, 0.05) is 12.6 Å². The topological polar surface area (TPSA) is 88.6 Å². The Morgan fingerprint density at radius 3 is 2.67 bits per heavy atom. The van der Waals surface area contributed by atoms with Crippen molar-refractivity contribution in [3.8, 4) is 5.88 Å². The van der Waals surface area contributed by atoms with E-state index < -0.39 is 17.3 Å². The molecule has 0 aromatic carbocycles. The number of aryl methyl sites for hydroxylation is 1. The predicted molar refractivity (Wildman–Crippen MR) is 93.5 cm³/mol. The van der Waals surface area contributed by atoms with Crippen molar-refractivity contribution in [3.05, 3.63) is 26.1 Å². The standard InChI is InChI=1S/C16H21BrN4O3/c1-4-10-12(17)14-20(7-8(2)3)15(23)11(16(24)21(14)19-10)13(22)18-9-5-6-9/h8-9,24H,4-7H2,1-3H3,(H,18,22). The average Bonchev–Trinajstić information content (AvgIpc) is 3.25. The third-order valence-electron chi connectivity index (χ3n) is 4.03. The van der Waals surface area contributed by atoms with E-state index in [2.05, 4.69) is 26.3 Å². The van der Waals surface area contributed by atoms with Gasteiger partial charge in [0.25, 0.3) is 11.5 Å². The van der Waals surface area contributed by atoms with Gasteiger partial charge in [-0.3, -0.25) is 14.2 Å². The molecule has 130 valence electrons. The molecule has 0 aliphatic heterocycles. The second kappa shape index (κ2) is 6.23. The van der Waals surface area contributed by atoms with Crippen LogP contribution in [0.3, 0.4) is 0 Å². The van der Waals surface area contributed by atoms with Crippen LogP contribution in [0.5, 0.6) is 5.88 Å². The van der Waals surface area contributed by atoms with Crippen LogP contribution < -0.4 is 10.9 Å². The second-order valence-electron chi connectivity index (χ2n) is 6.61. The molecule has 0 unspecified atom stereocenters. The Labute approximate surface area is 147 Å². The lowest BCUT2D eigenvalue weighted by molar-refractivity contribution is 0.0944. The number of hydrogen-bond acceptors (Lipinski definition) is 4. The first-order valence-electron chi connectivity index (χ1n) is 8.18. The minimum atomic E-state index is -0.538. The van der Waals surface area contributed by atoms with E-state index in [-0.39, 0.29) is 17.5 Å². The number of aromatic nitrogens is 3. The Kier molecular flexibility index (Phi) is 4.42. The smallest absolute Gasteiger partial charge is 0.270 e. The molecule has 2 N–H and O–H groups in total. The number of carbonyl (C=O) groups excluding carboxylic acids is 1. The number of nitrogens with zero attached hydrogens (tertiary/aromatic N) is 3. The van der Waals surface area contributed by atoms with Crippen molar-refractivity contribution >= 4 is 27.5 Å². The highest BCUT2D eigenvalue weighted by molar-refractivity contribution is 9.10. The lowest BCUT2D eigenvalue weighted by atomic mass is 10.2. The van der Waals surface area contributed by atoms with Crippen LogP contribution in [0.1, 0.15) is 49.7 Å². The lowest BCUT2D eigenvalue weighted by Gasteiger charge is -2.14. The summed E-state index contributed by atoms with van der Waals surface area (Å²) in [5.74, 6) is -0.750. The first-order valence-corrected chi connectivity index (χ1v) is 8.98. The molecule has 2 aromatic heterocycles. The number of halogens is 1. The van der Waals surface area contributed by atoms with Crippen molar-refractivity contribution in [1.29, 1.82) is 0 Å². The highest BCUT2D eigenvalue weighted by atomic mass is 79.9. The highest BCUT2D eigenvalue weighted by Crippen LogP contribution is 2.28. The summed E-state index contributed by atoms with van der Waals surface area (Å²) in [6.45, 7) is 6.35. The number of rotatable bonds is 5. The van der Waals surface area contributed by atoms with Crippen LogP contribution in [-0.4, -0.2) is 31.2 Å². The fourth-order valence-electron chi connectivity index (χ4n) is 2.69. The van der Waals surface area contributed by atoms with Crippen molar-refractivity contribution in [3.63, 3.8) is 0 Å². The normalized spacial score (nSPS) is 14.5. The molecule has 1 fully saturated rings. The van der Waals surface area contributed by atoms with E-state index in [9.17, 15) is 14.7 Å². The van der Waals surface area contributed by atoms with Crippen LogP contribution in [0, 0.1) is 5.92 Å². The maximum atomic E-state index is 12.9. The third kappa shape index (κ3) is 2.83. The van der Waals surface area contributed by atoms with Gasteiger partial charge in [0.1, 0.15) is 0 Å². The fourth-order valence-corrected chi connectivity index (χ4v) is 3.43. The number of hydrogen-bond donors (Lipinski definition) is 2. The van der Waals surface area contributed by atoms with Gasteiger partial charge >= 0.3 is 0 Å². The number of fused-ring (bicyclic) bond motifs is 1. The third-order valence-corrected chi connectivity index (χ3v) is 4.84. The molecule has 0 atom stereocenters. The van der Waals surface area contributed by atoms with Gasteiger partial charge in [0.05, 0.1) is 10.2 Å². The zero-order valence-corrected chi connectivity index (χ0v) is 15.6. The molecule has 24 heavy (non-hydrogen) atoms. The van der Waals surface area contributed by atoms with Gasteiger partial charge in [-0.25, -0.2) is 0 Å². The largest absolute Gasteiger partial charge is 0.492 e. The SMILES string of the molecule is CCc1nn2c(O)c(C(=O)NC3CC3)c(=O)n(CC(C)C)c2c1Br. The zero-order chi connectivity index (χ0) is 17.6. The Morgan fingerprint density at radius 2 is 2.12 bits per heavy atom. The van der Waals surface area contributed by atoms with E-state index in [0.29, 0.717) is 23.1 Å². The average molecular weight is 397 g/mol. The van der Waals surface area contributed by atoms with Gasteiger partial charge in [-0.1, -0.05) is 20.8 Å². The van der Waals surface area contributed by atoms with Crippen molar-refractivity contribution < 1.29 is 9.90 Å². The Hall–Kier alpha value is -1.83. The molecule has 3 rings (SSSR count). The molecule has 0 saturated heterocycles. The maximum absolute atomic E-state index is 12.9. The zero-order valence-electron chi connectivity index (χ0n) is 14.0. The maximum Gasteiger partial charge on any atom is 0.270 e. The van der Waals surface area contributed by atoms with Crippen molar-refractivity contribution in [2.24, 2.45) is 5.92 Å². The summed E-state index contributed by atoms with van der Waals surface area (Å²) in [5.41, 5.74) is 0.468. The van der Waals surface area contributed by atoms with E-state index in [1.165, 1.54) is 9.08 Å². The van der Waals surface area contributed by atoms with E-state index in [4.69, 9.17) is 0 Å². The monoisotopic (exact) mass is 396 g/mol. The molecular formula is C16H21BrN4O3. The number of nitrogens with one attached hydrogen (secondary N) is 1. The van der Waals surface area contributed by atoms with E-state index in [0.717, 1.165) is 18.5 Å². The van der Waals surface area contributed by atoms with Crippen LogP contribution in [-0.2, 0) is 13.0 Å². The quantitative estimate of drug-likeness (QED) is 0.809. The number of carbonyl (C=O) groups is 1. The molecule has 1 aliphatic carbocycles. The number of amides is 1. The van der Waals surface area contributed by atoms with Crippen molar-refractivity contribution in [1.82, 2.24) is 19.5 Å². The summed E-state index contributed by atoms with van der Waals surface area (Å²) in [4.78, 5) is 25.4. The first kappa shape index (κ1) is 17.0. The minimum Gasteiger partial charge on any atom is -0.492 e. The van der Waals surface area contributed by atoms with Crippen molar-refractivity contribution in [2.45, 2.75) is 52.6 Å². The van der Waals surface area contributed by atoms with Gasteiger partial charge in [0.2, 0.25) is 5.88 Å². The molecule has 2 aromatic rings. The van der Waals surface area contributed by atoms with Crippen LogP contribution >= 0.6 is 15.9 Å².